The molecule has 2 fully saturated rings. The Hall–Kier alpha value is -1.63. The van der Waals surface area contributed by atoms with Crippen molar-refractivity contribution in [3.63, 3.8) is 0 Å². The zero-order valence-electron chi connectivity index (χ0n) is 16.5. The fraction of sp³-hybridized carbons (Fsp3) is 0.571. The van der Waals surface area contributed by atoms with Crippen LogP contribution in [0.25, 0.3) is 11.3 Å². The number of hydrogen-bond donors (Lipinski definition) is 2. The van der Waals surface area contributed by atoms with Crippen LogP contribution in [0.5, 0.6) is 0 Å². The van der Waals surface area contributed by atoms with Gasteiger partial charge >= 0.3 is 0 Å². The summed E-state index contributed by atoms with van der Waals surface area (Å²) in [7, 11) is 0. The van der Waals surface area contributed by atoms with Gasteiger partial charge in [-0.2, -0.15) is 0 Å². The van der Waals surface area contributed by atoms with Gasteiger partial charge in [-0.05, 0) is 37.7 Å². The molecule has 0 atom stereocenters. The van der Waals surface area contributed by atoms with Gasteiger partial charge in [-0.25, -0.2) is 15.0 Å². The van der Waals surface area contributed by atoms with Crippen molar-refractivity contribution in [2.75, 3.05) is 30.4 Å². The minimum absolute atomic E-state index is 0.367. The van der Waals surface area contributed by atoms with Gasteiger partial charge in [0.2, 0.25) is 0 Å². The second kappa shape index (κ2) is 9.92. The maximum atomic E-state index is 6.44. The average Bonchev–Trinajstić information content (AvgIpc) is 2.76. The quantitative estimate of drug-likeness (QED) is 0.629. The summed E-state index contributed by atoms with van der Waals surface area (Å²) in [4.78, 5) is 13.5. The van der Waals surface area contributed by atoms with E-state index in [2.05, 4.69) is 20.6 Å². The number of ether oxygens (including phenoxy) is 1. The van der Waals surface area contributed by atoms with Crippen molar-refractivity contribution in [1.29, 1.82) is 0 Å². The average molecular weight is 436 g/mol. The molecule has 0 bridgehead atoms. The van der Waals surface area contributed by atoms with E-state index >= 15 is 0 Å². The Morgan fingerprint density at radius 3 is 2.59 bits per heavy atom. The Kier molecular flexibility index (Phi) is 7.06. The first-order chi connectivity index (χ1) is 14.2. The molecule has 3 heterocycles. The molecule has 8 heteroatoms. The number of anilines is 2. The summed E-state index contributed by atoms with van der Waals surface area (Å²) in [6, 6.07) is 2.43. The third-order valence-corrected chi connectivity index (χ3v) is 6.29. The molecule has 0 aromatic carbocycles. The lowest BCUT2D eigenvalue weighted by Gasteiger charge is -2.23. The molecule has 4 rings (SSSR count). The zero-order chi connectivity index (χ0) is 20.1. The summed E-state index contributed by atoms with van der Waals surface area (Å²) in [5, 5.41) is 7.81. The van der Waals surface area contributed by atoms with Crippen molar-refractivity contribution < 1.29 is 4.74 Å². The smallest absolute Gasteiger partial charge is 0.171 e. The molecule has 2 aromatic rings. The van der Waals surface area contributed by atoms with Crippen LogP contribution in [0.15, 0.2) is 18.5 Å². The van der Waals surface area contributed by atoms with Crippen LogP contribution in [0.4, 0.5) is 11.6 Å². The molecule has 2 aliphatic rings. The van der Waals surface area contributed by atoms with Crippen molar-refractivity contribution in [2.24, 2.45) is 5.92 Å². The lowest BCUT2D eigenvalue weighted by Crippen LogP contribution is -2.23. The summed E-state index contributed by atoms with van der Waals surface area (Å²) in [6.45, 7) is 2.43. The molecule has 0 spiro atoms. The summed E-state index contributed by atoms with van der Waals surface area (Å²) in [5.41, 5.74) is 1.49. The van der Waals surface area contributed by atoms with Crippen molar-refractivity contribution in [2.45, 2.75) is 51.0 Å². The van der Waals surface area contributed by atoms with E-state index in [1.54, 1.807) is 12.4 Å². The van der Waals surface area contributed by atoms with Gasteiger partial charge < -0.3 is 15.4 Å². The van der Waals surface area contributed by atoms with Crippen molar-refractivity contribution in [3.05, 3.63) is 28.6 Å². The Balaban J connectivity index is 1.50. The molecule has 0 unspecified atom stereocenters. The number of aromatic nitrogens is 3. The highest BCUT2D eigenvalue weighted by atomic mass is 35.5. The van der Waals surface area contributed by atoms with E-state index in [9.17, 15) is 0 Å². The maximum absolute atomic E-state index is 6.44. The highest BCUT2D eigenvalue weighted by Gasteiger charge is 2.17. The standard InChI is InChI=1S/C21H27Cl2N5O/c22-17-12-24-19(27-15-4-2-1-3-5-15)10-16(17)18-13-25-20(23)21(28-18)26-11-14-6-8-29-9-7-14/h10,12-15H,1-9,11H2,(H,24,27)(H,26,28). The predicted molar refractivity (Wildman–Crippen MR) is 118 cm³/mol. The predicted octanol–water partition coefficient (Wildman–Crippen LogP) is 5.43. The molecule has 1 saturated heterocycles. The number of nitrogens with one attached hydrogen (secondary N) is 2. The highest BCUT2D eigenvalue weighted by Crippen LogP contribution is 2.31. The molecule has 0 radical (unpaired) electrons. The first-order valence-electron chi connectivity index (χ1n) is 10.5. The molecule has 1 saturated carbocycles. The van der Waals surface area contributed by atoms with Gasteiger partial charge in [0.1, 0.15) is 5.82 Å². The van der Waals surface area contributed by atoms with E-state index in [0.29, 0.717) is 33.6 Å². The number of rotatable bonds is 6. The van der Waals surface area contributed by atoms with E-state index in [1.807, 2.05) is 6.07 Å². The van der Waals surface area contributed by atoms with Gasteiger partial charge in [0, 0.05) is 37.6 Å². The van der Waals surface area contributed by atoms with Gasteiger partial charge in [0.05, 0.1) is 16.9 Å². The lowest BCUT2D eigenvalue weighted by atomic mass is 9.95. The minimum atomic E-state index is 0.367. The minimum Gasteiger partial charge on any atom is -0.381 e. The Morgan fingerprint density at radius 1 is 1.00 bits per heavy atom. The number of nitrogens with zero attached hydrogens (tertiary/aromatic N) is 3. The molecule has 1 aliphatic carbocycles. The van der Waals surface area contributed by atoms with E-state index in [4.69, 9.17) is 32.9 Å². The largest absolute Gasteiger partial charge is 0.381 e. The van der Waals surface area contributed by atoms with Crippen LogP contribution in [0.1, 0.15) is 44.9 Å². The Morgan fingerprint density at radius 2 is 1.79 bits per heavy atom. The van der Waals surface area contributed by atoms with Crippen molar-refractivity contribution >= 4 is 34.8 Å². The first-order valence-corrected chi connectivity index (χ1v) is 11.2. The van der Waals surface area contributed by atoms with Gasteiger partial charge in [0.15, 0.2) is 11.0 Å². The molecular formula is C21H27Cl2N5O. The molecule has 29 heavy (non-hydrogen) atoms. The lowest BCUT2D eigenvalue weighted by molar-refractivity contribution is 0.0699. The van der Waals surface area contributed by atoms with Gasteiger partial charge in [-0.1, -0.05) is 42.5 Å². The topological polar surface area (TPSA) is 72.0 Å². The van der Waals surface area contributed by atoms with E-state index in [1.165, 1.54) is 32.1 Å². The highest BCUT2D eigenvalue weighted by molar-refractivity contribution is 6.33. The second-order valence-corrected chi connectivity index (χ2v) is 8.63. The Labute approximate surface area is 181 Å². The molecule has 2 aromatic heterocycles. The van der Waals surface area contributed by atoms with Crippen LogP contribution in [-0.2, 0) is 4.74 Å². The first kappa shape index (κ1) is 20.6. The molecule has 2 N–H and O–H groups in total. The maximum Gasteiger partial charge on any atom is 0.171 e. The third kappa shape index (κ3) is 5.50. The fourth-order valence-electron chi connectivity index (χ4n) is 3.98. The van der Waals surface area contributed by atoms with Gasteiger partial charge in [0.25, 0.3) is 0 Å². The molecule has 6 nitrogen and oxygen atoms in total. The number of pyridine rings is 1. The van der Waals surface area contributed by atoms with Crippen LogP contribution in [0.2, 0.25) is 10.2 Å². The molecule has 1 aliphatic heterocycles. The monoisotopic (exact) mass is 435 g/mol. The van der Waals surface area contributed by atoms with Crippen LogP contribution in [0.3, 0.4) is 0 Å². The van der Waals surface area contributed by atoms with E-state index in [-0.39, 0.29) is 0 Å². The summed E-state index contributed by atoms with van der Waals surface area (Å²) in [5.74, 6) is 1.97. The number of halogens is 2. The SMILES string of the molecule is Clc1cnc(NC2CCCCC2)cc1-c1cnc(Cl)c(NCC2CCOCC2)n1. The molecule has 0 amide bonds. The zero-order valence-corrected chi connectivity index (χ0v) is 18.0. The normalized spacial score (nSPS) is 18.6. The molecular weight excluding hydrogens is 409 g/mol. The van der Waals surface area contributed by atoms with Gasteiger partial charge in [-0.3, -0.25) is 0 Å². The summed E-state index contributed by atoms with van der Waals surface area (Å²) < 4.78 is 5.42. The van der Waals surface area contributed by atoms with Crippen molar-refractivity contribution in [3.8, 4) is 11.3 Å². The second-order valence-electron chi connectivity index (χ2n) is 7.86. The molecule has 156 valence electrons. The van der Waals surface area contributed by atoms with Crippen LogP contribution in [-0.4, -0.2) is 40.8 Å². The van der Waals surface area contributed by atoms with Crippen molar-refractivity contribution in [1.82, 2.24) is 15.0 Å². The number of hydrogen-bond acceptors (Lipinski definition) is 6. The van der Waals surface area contributed by atoms with Gasteiger partial charge in [-0.15, -0.1) is 0 Å². The van der Waals surface area contributed by atoms with Crippen LogP contribution >= 0.6 is 23.2 Å². The fourth-order valence-corrected chi connectivity index (χ4v) is 4.34. The van der Waals surface area contributed by atoms with Crippen LogP contribution < -0.4 is 10.6 Å². The Bertz CT molecular complexity index is 823. The third-order valence-electron chi connectivity index (χ3n) is 5.72. The summed E-state index contributed by atoms with van der Waals surface area (Å²) in [6.07, 6.45) is 11.6. The van der Waals surface area contributed by atoms with Crippen LogP contribution in [0, 0.1) is 5.92 Å². The summed E-state index contributed by atoms with van der Waals surface area (Å²) >= 11 is 12.7. The van der Waals surface area contributed by atoms with E-state index < -0.39 is 0 Å². The van der Waals surface area contributed by atoms with E-state index in [0.717, 1.165) is 44.0 Å².